The van der Waals surface area contributed by atoms with E-state index in [-0.39, 0.29) is 5.91 Å². The molecule has 1 saturated heterocycles. The average Bonchev–Trinajstić information content (AvgIpc) is 2.23. The maximum Gasteiger partial charge on any atom is 0.254 e. The van der Waals surface area contributed by atoms with Crippen molar-refractivity contribution in [2.45, 2.75) is 38.5 Å². The molecule has 0 radical (unpaired) electrons. The summed E-state index contributed by atoms with van der Waals surface area (Å²) in [6.45, 7) is 3.57. The van der Waals surface area contributed by atoms with E-state index >= 15 is 0 Å². The van der Waals surface area contributed by atoms with Crippen LogP contribution >= 0.6 is 0 Å². The van der Waals surface area contributed by atoms with Gasteiger partial charge in [-0.05, 0) is 49.3 Å². The van der Waals surface area contributed by atoms with Gasteiger partial charge in [-0.2, -0.15) is 0 Å². The van der Waals surface area contributed by atoms with Gasteiger partial charge in [-0.15, -0.1) is 0 Å². The maximum absolute atomic E-state index is 12.4. The Hall–Kier alpha value is -1.84. The van der Waals surface area contributed by atoms with Gasteiger partial charge in [-0.3, -0.25) is 9.59 Å². The van der Waals surface area contributed by atoms with Gasteiger partial charge < -0.3 is 10.6 Å². The van der Waals surface area contributed by atoms with Crippen LogP contribution < -0.4 is 5.73 Å². The van der Waals surface area contributed by atoms with E-state index in [1.165, 1.54) is 6.42 Å². The zero-order chi connectivity index (χ0) is 14.3. The lowest BCUT2D eigenvalue weighted by Gasteiger charge is -2.32. The SMILES string of the molecule is Cc1cc(C2CCC2)c(C(N)=O)cc1C(=O)N1CCC1. The zero-order valence-corrected chi connectivity index (χ0v) is 11.8. The van der Waals surface area contributed by atoms with Crippen LogP contribution in [0.3, 0.4) is 0 Å². The number of carbonyl (C=O) groups excluding carboxylic acids is 2. The molecule has 1 saturated carbocycles. The molecule has 2 fully saturated rings. The largest absolute Gasteiger partial charge is 0.366 e. The highest BCUT2D eigenvalue weighted by atomic mass is 16.2. The zero-order valence-electron chi connectivity index (χ0n) is 11.8. The summed E-state index contributed by atoms with van der Waals surface area (Å²) < 4.78 is 0. The van der Waals surface area contributed by atoms with Crippen molar-refractivity contribution in [2.24, 2.45) is 5.73 Å². The molecule has 2 N–H and O–H groups in total. The second-order valence-electron chi connectivity index (χ2n) is 5.89. The summed E-state index contributed by atoms with van der Waals surface area (Å²) in [4.78, 5) is 25.9. The van der Waals surface area contributed by atoms with E-state index in [2.05, 4.69) is 0 Å². The standard InChI is InChI=1S/C16H20N2O2/c1-10-8-13(11-4-2-5-11)14(15(17)19)9-12(10)16(20)18-6-3-7-18/h8-9,11H,2-7H2,1H3,(H2,17,19). The van der Waals surface area contributed by atoms with Crippen LogP contribution in [0.4, 0.5) is 0 Å². The number of benzene rings is 1. The lowest BCUT2D eigenvalue weighted by Crippen LogP contribution is -2.42. The Bertz CT molecular complexity index is 572. The summed E-state index contributed by atoms with van der Waals surface area (Å²) in [5.41, 5.74) is 8.65. The number of nitrogens with zero attached hydrogens (tertiary/aromatic N) is 1. The molecule has 0 aromatic heterocycles. The highest BCUT2D eigenvalue weighted by Gasteiger charge is 2.28. The summed E-state index contributed by atoms with van der Waals surface area (Å²) in [5, 5.41) is 0. The minimum absolute atomic E-state index is 0.0245. The molecule has 106 valence electrons. The molecule has 2 amide bonds. The lowest BCUT2D eigenvalue weighted by molar-refractivity contribution is 0.0651. The summed E-state index contributed by atoms with van der Waals surface area (Å²) in [5.74, 6) is 0.0327. The van der Waals surface area contributed by atoms with Gasteiger partial charge in [0, 0.05) is 24.2 Å². The third-order valence-electron chi connectivity index (χ3n) is 4.58. The topological polar surface area (TPSA) is 63.4 Å². The highest BCUT2D eigenvalue weighted by Crippen LogP contribution is 2.39. The fraction of sp³-hybridized carbons (Fsp3) is 0.500. The molecule has 0 bridgehead atoms. The summed E-state index contributed by atoms with van der Waals surface area (Å²) in [6.07, 6.45) is 4.49. The Morgan fingerprint density at radius 2 is 1.85 bits per heavy atom. The van der Waals surface area contributed by atoms with E-state index in [0.29, 0.717) is 17.0 Å². The second-order valence-corrected chi connectivity index (χ2v) is 5.89. The van der Waals surface area contributed by atoms with E-state index < -0.39 is 5.91 Å². The first-order chi connectivity index (χ1) is 9.58. The summed E-state index contributed by atoms with van der Waals surface area (Å²) >= 11 is 0. The molecule has 3 rings (SSSR count). The Kier molecular flexibility index (Phi) is 3.24. The van der Waals surface area contributed by atoms with Crippen molar-refractivity contribution in [3.05, 3.63) is 34.4 Å². The molecular formula is C16H20N2O2. The van der Waals surface area contributed by atoms with Gasteiger partial charge in [-0.25, -0.2) is 0 Å². The molecule has 1 aliphatic heterocycles. The van der Waals surface area contributed by atoms with Gasteiger partial charge in [0.2, 0.25) is 5.91 Å². The first kappa shape index (κ1) is 13.2. The van der Waals surface area contributed by atoms with Crippen molar-refractivity contribution in [3.8, 4) is 0 Å². The first-order valence-corrected chi connectivity index (χ1v) is 7.31. The number of primary amides is 1. The predicted octanol–water partition coefficient (Wildman–Crippen LogP) is 2.21. The molecule has 1 aliphatic carbocycles. The molecule has 4 heteroatoms. The van der Waals surface area contributed by atoms with Crippen molar-refractivity contribution in [3.63, 3.8) is 0 Å². The van der Waals surface area contributed by atoms with E-state index in [0.717, 1.165) is 43.5 Å². The lowest BCUT2D eigenvalue weighted by atomic mass is 9.77. The third-order valence-corrected chi connectivity index (χ3v) is 4.58. The van der Waals surface area contributed by atoms with E-state index in [4.69, 9.17) is 5.73 Å². The number of hydrogen-bond donors (Lipinski definition) is 1. The molecule has 20 heavy (non-hydrogen) atoms. The van der Waals surface area contributed by atoms with Gasteiger partial charge in [-0.1, -0.05) is 12.5 Å². The van der Waals surface area contributed by atoms with Gasteiger partial charge in [0.25, 0.3) is 5.91 Å². The minimum Gasteiger partial charge on any atom is -0.366 e. The summed E-state index contributed by atoms with van der Waals surface area (Å²) in [7, 11) is 0. The number of amides is 2. The second kappa shape index (κ2) is 4.93. The van der Waals surface area contributed by atoms with Crippen LogP contribution in [0.2, 0.25) is 0 Å². The van der Waals surface area contributed by atoms with Crippen molar-refractivity contribution in [1.29, 1.82) is 0 Å². The molecular weight excluding hydrogens is 252 g/mol. The fourth-order valence-electron chi connectivity index (χ4n) is 2.92. The van der Waals surface area contributed by atoms with E-state index in [9.17, 15) is 9.59 Å². The van der Waals surface area contributed by atoms with Gasteiger partial charge >= 0.3 is 0 Å². The molecule has 0 unspecified atom stereocenters. The van der Waals surface area contributed by atoms with Crippen molar-refractivity contribution >= 4 is 11.8 Å². The number of hydrogen-bond acceptors (Lipinski definition) is 2. The Labute approximate surface area is 118 Å². The fourth-order valence-corrected chi connectivity index (χ4v) is 2.92. The van der Waals surface area contributed by atoms with Gasteiger partial charge in [0.15, 0.2) is 0 Å². The van der Waals surface area contributed by atoms with Crippen LogP contribution in [0, 0.1) is 6.92 Å². The monoisotopic (exact) mass is 272 g/mol. The molecule has 0 spiro atoms. The number of likely N-dealkylation sites (tertiary alicyclic amines) is 1. The van der Waals surface area contributed by atoms with Crippen LogP contribution in [0.1, 0.15) is 63.4 Å². The van der Waals surface area contributed by atoms with Crippen molar-refractivity contribution < 1.29 is 9.59 Å². The Morgan fingerprint density at radius 3 is 2.30 bits per heavy atom. The number of aryl methyl sites for hydroxylation is 1. The van der Waals surface area contributed by atoms with Crippen molar-refractivity contribution in [1.82, 2.24) is 4.90 Å². The molecule has 1 aromatic carbocycles. The predicted molar refractivity (Wildman–Crippen MR) is 76.8 cm³/mol. The molecule has 1 heterocycles. The Morgan fingerprint density at radius 1 is 1.15 bits per heavy atom. The normalized spacial score (nSPS) is 18.4. The van der Waals surface area contributed by atoms with Crippen LogP contribution in [-0.2, 0) is 0 Å². The molecule has 4 nitrogen and oxygen atoms in total. The van der Waals surface area contributed by atoms with Gasteiger partial charge in [0.05, 0.1) is 0 Å². The van der Waals surface area contributed by atoms with Crippen molar-refractivity contribution in [2.75, 3.05) is 13.1 Å². The number of nitrogens with two attached hydrogens (primary N) is 1. The third kappa shape index (κ3) is 2.09. The maximum atomic E-state index is 12.4. The molecule has 2 aliphatic rings. The number of rotatable bonds is 3. The molecule has 1 aromatic rings. The van der Waals surface area contributed by atoms with E-state index in [1.54, 1.807) is 6.07 Å². The Balaban J connectivity index is 2.00. The highest BCUT2D eigenvalue weighted by molar-refractivity contribution is 6.01. The van der Waals surface area contributed by atoms with Gasteiger partial charge in [0.1, 0.15) is 0 Å². The smallest absolute Gasteiger partial charge is 0.254 e. The van der Waals surface area contributed by atoms with Crippen LogP contribution in [0.25, 0.3) is 0 Å². The average molecular weight is 272 g/mol. The quantitative estimate of drug-likeness (QED) is 0.917. The summed E-state index contributed by atoms with van der Waals surface area (Å²) in [6, 6.07) is 3.71. The minimum atomic E-state index is -0.426. The first-order valence-electron chi connectivity index (χ1n) is 7.31. The number of carbonyl (C=O) groups is 2. The van der Waals surface area contributed by atoms with E-state index in [1.807, 2.05) is 17.9 Å². The van der Waals surface area contributed by atoms with Crippen LogP contribution in [-0.4, -0.2) is 29.8 Å². The van der Waals surface area contributed by atoms with Crippen LogP contribution in [0.5, 0.6) is 0 Å². The molecule has 0 atom stereocenters. The van der Waals surface area contributed by atoms with Crippen LogP contribution in [0.15, 0.2) is 12.1 Å².